The Morgan fingerprint density at radius 3 is 2.33 bits per heavy atom. The van der Waals surface area contributed by atoms with Crippen LogP contribution in [-0.2, 0) is 19.6 Å². The molecule has 0 fully saturated rings. The molecule has 0 aliphatic rings. The Morgan fingerprint density at radius 1 is 1.04 bits per heavy atom. The minimum atomic E-state index is 0.682. The predicted molar refractivity (Wildman–Crippen MR) is 105 cm³/mol. The molecule has 0 spiro atoms. The van der Waals surface area contributed by atoms with E-state index in [1.165, 1.54) is 20.9 Å². The van der Waals surface area contributed by atoms with Gasteiger partial charge in [-0.25, -0.2) is 4.99 Å². The molecule has 2 aromatic rings. The number of nitrogens with zero attached hydrogens (tertiary/aromatic N) is 2. The molecule has 1 aromatic heterocycles. The Bertz CT molecular complexity index is 644. The molecule has 0 aliphatic carbocycles. The van der Waals surface area contributed by atoms with Gasteiger partial charge >= 0.3 is 0 Å². The first-order valence-electron chi connectivity index (χ1n) is 8.37. The highest BCUT2D eigenvalue weighted by Gasteiger charge is 2.01. The molecule has 1 heterocycles. The standard InChI is InChI=1S/C19H28N4S/c1-5-20-19(22-13-18-11-6-15(2)24-18)21-12-16-7-9-17(10-8-16)14-23(3)4/h6-11H,5,12-14H2,1-4H3,(H2,20,21,22). The third-order valence-corrected chi connectivity index (χ3v) is 4.51. The lowest BCUT2D eigenvalue weighted by Gasteiger charge is -2.11. The van der Waals surface area contributed by atoms with Gasteiger partial charge in [0.05, 0.1) is 13.1 Å². The van der Waals surface area contributed by atoms with Crippen LogP contribution in [0.4, 0.5) is 0 Å². The van der Waals surface area contributed by atoms with E-state index in [9.17, 15) is 0 Å². The average Bonchev–Trinajstić information content (AvgIpc) is 2.96. The number of hydrogen-bond acceptors (Lipinski definition) is 3. The molecular weight excluding hydrogens is 316 g/mol. The highest BCUT2D eigenvalue weighted by Crippen LogP contribution is 2.14. The molecule has 0 saturated heterocycles. The molecule has 1 aromatic carbocycles. The van der Waals surface area contributed by atoms with Crippen molar-refractivity contribution in [1.82, 2.24) is 15.5 Å². The summed E-state index contributed by atoms with van der Waals surface area (Å²) >= 11 is 1.82. The quantitative estimate of drug-likeness (QED) is 0.597. The van der Waals surface area contributed by atoms with Gasteiger partial charge in [0, 0.05) is 22.8 Å². The van der Waals surface area contributed by atoms with E-state index in [-0.39, 0.29) is 0 Å². The van der Waals surface area contributed by atoms with Crippen LogP contribution in [-0.4, -0.2) is 31.5 Å². The van der Waals surface area contributed by atoms with E-state index in [2.05, 4.69) is 84.9 Å². The number of hydrogen-bond donors (Lipinski definition) is 2. The molecule has 130 valence electrons. The fraction of sp³-hybridized carbons (Fsp3) is 0.421. The van der Waals surface area contributed by atoms with Crippen molar-refractivity contribution < 1.29 is 0 Å². The van der Waals surface area contributed by atoms with Gasteiger partial charge in [-0.2, -0.15) is 0 Å². The second-order valence-electron chi connectivity index (χ2n) is 6.12. The van der Waals surface area contributed by atoms with Gasteiger partial charge in [0.1, 0.15) is 0 Å². The molecule has 24 heavy (non-hydrogen) atoms. The summed E-state index contributed by atoms with van der Waals surface area (Å²) in [6.07, 6.45) is 0. The average molecular weight is 345 g/mol. The second-order valence-corrected chi connectivity index (χ2v) is 7.49. The molecule has 5 heteroatoms. The Morgan fingerprint density at radius 2 is 1.75 bits per heavy atom. The lowest BCUT2D eigenvalue weighted by Crippen LogP contribution is -2.36. The fourth-order valence-electron chi connectivity index (χ4n) is 2.38. The fourth-order valence-corrected chi connectivity index (χ4v) is 3.21. The normalized spacial score (nSPS) is 11.8. The highest BCUT2D eigenvalue weighted by molar-refractivity contribution is 7.11. The van der Waals surface area contributed by atoms with Gasteiger partial charge in [0.25, 0.3) is 0 Å². The SMILES string of the molecule is CCNC(=NCc1ccc(CN(C)C)cc1)NCc1ccc(C)s1. The Balaban J connectivity index is 1.92. The van der Waals surface area contributed by atoms with E-state index in [1.807, 2.05) is 11.3 Å². The molecule has 4 nitrogen and oxygen atoms in total. The van der Waals surface area contributed by atoms with Crippen LogP contribution in [0, 0.1) is 6.92 Å². The Labute approximate surface area is 149 Å². The van der Waals surface area contributed by atoms with Crippen LogP contribution in [0.1, 0.15) is 27.8 Å². The number of aliphatic imine (C=N–C) groups is 1. The van der Waals surface area contributed by atoms with Crippen LogP contribution in [0.5, 0.6) is 0 Å². The molecule has 2 N–H and O–H groups in total. The first-order valence-corrected chi connectivity index (χ1v) is 9.18. The van der Waals surface area contributed by atoms with Gasteiger partial charge in [0.2, 0.25) is 0 Å². The molecule has 2 rings (SSSR count). The number of rotatable bonds is 7. The van der Waals surface area contributed by atoms with Crippen molar-refractivity contribution in [1.29, 1.82) is 0 Å². The number of nitrogens with one attached hydrogen (secondary N) is 2. The van der Waals surface area contributed by atoms with Gasteiger partial charge in [-0.15, -0.1) is 11.3 Å². The lowest BCUT2D eigenvalue weighted by molar-refractivity contribution is 0.402. The van der Waals surface area contributed by atoms with Gasteiger partial charge < -0.3 is 15.5 Å². The minimum absolute atomic E-state index is 0.682. The van der Waals surface area contributed by atoms with E-state index >= 15 is 0 Å². The molecule has 0 unspecified atom stereocenters. The first-order chi connectivity index (χ1) is 11.6. The molecular formula is C19H28N4S. The van der Waals surface area contributed by atoms with Crippen LogP contribution in [0.15, 0.2) is 41.4 Å². The summed E-state index contributed by atoms with van der Waals surface area (Å²) in [5.74, 6) is 0.862. The van der Waals surface area contributed by atoms with Crippen LogP contribution in [0.2, 0.25) is 0 Å². The van der Waals surface area contributed by atoms with Crippen LogP contribution < -0.4 is 10.6 Å². The van der Waals surface area contributed by atoms with Crippen molar-refractivity contribution in [3.8, 4) is 0 Å². The van der Waals surface area contributed by atoms with Crippen LogP contribution in [0.3, 0.4) is 0 Å². The van der Waals surface area contributed by atoms with Gasteiger partial charge in [-0.3, -0.25) is 0 Å². The number of benzene rings is 1. The maximum absolute atomic E-state index is 4.68. The summed E-state index contributed by atoms with van der Waals surface area (Å²) < 4.78 is 0. The van der Waals surface area contributed by atoms with Crippen molar-refractivity contribution in [2.45, 2.75) is 33.5 Å². The smallest absolute Gasteiger partial charge is 0.191 e. The Hall–Kier alpha value is -1.85. The summed E-state index contributed by atoms with van der Waals surface area (Å²) in [6, 6.07) is 13.0. The van der Waals surface area contributed by atoms with E-state index < -0.39 is 0 Å². The monoisotopic (exact) mass is 344 g/mol. The summed E-state index contributed by atoms with van der Waals surface area (Å²) in [7, 11) is 4.17. The van der Waals surface area contributed by atoms with Gasteiger partial charge in [-0.05, 0) is 51.2 Å². The van der Waals surface area contributed by atoms with E-state index in [4.69, 9.17) is 0 Å². The molecule has 0 aliphatic heterocycles. The van der Waals surface area contributed by atoms with Crippen LogP contribution in [0.25, 0.3) is 0 Å². The highest BCUT2D eigenvalue weighted by atomic mass is 32.1. The molecule has 0 saturated carbocycles. The zero-order chi connectivity index (χ0) is 17.4. The summed E-state index contributed by atoms with van der Waals surface area (Å²) in [5, 5.41) is 6.70. The molecule has 0 atom stereocenters. The van der Waals surface area contributed by atoms with E-state index in [0.717, 1.165) is 25.6 Å². The van der Waals surface area contributed by atoms with Gasteiger partial charge in [0.15, 0.2) is 5.96 Å². The number of guanidine groups is 1. The van der Waals surface area contributed by atoms with Crippen molar-refractivity contribution in [3.05, 3.63) is 57.3 Å². The predicted octanol–water partition coefficient (Wildman–Crippen LogP) is 3.37. The lowest BCUT2D eigenvalue weighted by atomic mass is 10.1. The molecule has 0 radical (unpaired) electrons. The Kier molecular flexibility index (Phi) is 7.28. The summed E-state index contributed by atoms with van der Waals surface area (Å²) in [6.45, 7) is 7.54. The maximum atomic E-state index is 4.68. The topological polar surface area (TPSA) is 39.7 Å². The third-order valence-electron chi connectivity index (χ3n) is 3.51. The third kappa shape index (κ3) is 6.34. The first kappa shape index (κ1) is 18.5. The van der Waals surface area contributed by atoms with Crippen molar-refractivity contribution in [3.63, 3.8) is 0 Å². The zero-order valence-corrected chi connectivity index (χ0v) is 15.9. The second kappa shape index (κ2) is 9.45. The van der Waals surface area contributed by atoms with Crippen molar-refractivity contribution in [2.75, 3.05) is 20.6 Å². The van der Waals surface area contributed by atoms with Gasteiger partial charge in [-0.1, -0.05) is 24.3 Å². The molecule has 0 bridgehead atoms. The van der Waals surface area contributed by atoms with E-state index in [1.54, 1.807) is 0 Å². The number of thiophene rings is 1. The summed E-state index contributed by atoms with van der Waals surface area (Å²) in [5.41, 5.74) is 2.55. The summed E-state index contributed by atoms with van der Waals surface area (Å²) in [4.78, 5) is 9.52. The molecule has 0 amide bonds. The minimum Gasteiger partial charge on any atom is -0.357 e. The maximum Gasteiger partial charge on any atom is 0.191 e. The van der Waals surface area contributed by atoms with E-state index in [0.29, 0.717) is 6.54 Å². The largest absolute Gasteiger partial charge is 0.357 e. The zero-order valence-electron chi connectivity index (χ0n) is 15.1. The number of aryl methyl sites for hydroxylation is 1. The van der Waals surface area contributed by atoms with Crippen molar-refractivity contribution >= 4 is 17.3 Å². The van der Waals surface area contributed by atoms with Crippen LogP contribution >= 0.6 is 11.3 Å². The van der Waals surface area contributed by atoms with Crippen molar-refractivity contribution in [2.24, 2.45) is 4.99 Å².